The van der Waals surface area contributed by atoms with Crippen LogP contribution >= 0.6 is 0 Å². The minimum Gasteiger partial charge on any atom is -0.316 e. The molecule has 0 aromatic heterocycles. The van der Waals surface area contributed by atoms with Crippen molar-refractivity contribution in [1.82, 2.24) is 10.2 Å². The summed E-state index contributed by atoms with van der Waals surface area (Å²) in [6, 6.07) is 0.684. The van der Waals surface area contributed by atoms with E-state index in [1.807, 2.05) is 0 Å². The molecule has 0 radical (unpaired) electrons. The summed E-state index contributed by atoms with van der Waals surface area (Å²) in [4.78, 5) is 2.63. The predicted octanol–water partition coefficient (Wildman–Crippen LogP) is 2.89. The molecule has 1 fully saturated rings. The second-order valence-electron chi connectivity index (χ2n) is 5.64. The highest BCUT2D eigenvalue weighted by Crippen LogP contribution is 2.38. The third kappa shape index (κ3) is 3.74. The molecule has 0 aliphatic heterocycles. The van der Waals surface area contributed by atoms with E-state index in [4.69, 9.17) is 0 Å². The van der Waals surface area contributed by atoms with Gasteiger partial charge in [-0.15, -0.1) is 0 Å². The Morgan fingerprint density at radius 2 is 1.81 bits per heavy atom. The molecule has 0 atom stereocenters. The Morgan fingerprint density at radius 3 is 2.25 bits per heavy atom. The van der Waals surface area contributed by atoms with E-state index in [-0.39, 0.29) is 0 Å². The van der Waals surface area contributed by atoms with Gasteiger partial charge in [0.05, 0.1) is 0 Å². The highest BCUT2D eigenvalue weighted by atomic mass is 15.2. The third-order valence-electron chi connectivity index (χ3n) is 4.09. The molecule has 0 aromatic carbocycles. The van der Waals surface area contributed by atoms with Crippen LogP contribution in [0.4, 0.5) is 0 Å². The Kier molecular flexibility index (Phi) is 5.77. The van der Waals surface area contributed by atoms with E-state index in [9.17, 15) is 0 Å². The molecule has 0 spiro atoms. The summed E-state index contributed by atoms with van der Waals surface area (Å²) in [6.45, 7) is 13.9. The van der Waals surface area contributed by atoms with E-state index in [0.717, 1.165) is 6.54 Å². The van der Waals surface area contributed by atoms with Crippen molar-refractivity contribution in [3.05, 3.63) is 0 Å². The SMILES string of the molecule is CCNCC1(CN(CC)C(C)C)CCCC1. The number of hydrogen-bond acceptors (Lipinski definition) is 2. The molecule has 0 amide bonds. The smallest absolute Gasteiger partial charge is 0.00527 e. The van der Waals surface area contributed by atoms with Gasteiger partial charge in [0.1, 0.15) is 0 Å². The molecule has 0 aromatic rings. The number of rotatable bonds is 7. The largest absolute Gasteiger partial charge is 0.316 e. The van der Waals surface area contributed by atoms with Gasteiger partial charge in [0, 0.05) is 19.1 Å². The van der Waals surface area contributed by atoms with Crippen molar-refractivity contribution in [1.29, 1.82) is 0 Å². The maximum atomic E-state index is 3.57. The van der Waals surface area contributed by atoms with Gasteiger partial charge >= 0.3 is 0 Å². The predicted molar refractivity (Wildman–Crippen MR) is 71.8 cm³/mol. The van der Waals surface area contributed by atoms with Gasteiger partial charge in [-0.25, -0.2) is 0 Å². The van der Waals surface area contributed by atoms with Crippen LogP contribution in [0.15, 0.2) is 0 Å². The van der Waals surface area contributed by atoms with Crippen LogP contribution in [-0.4, -0.2) is 37.1 Å². The maximum absolute atomic E-state index is 3.57. The van der Waals surface area contributed by atoms with Gasteiger partial charge < -0.3 is 10.2 Å². The molecule has 1 rings (SSSR count). The second-order valence-corrected chi connectivity index (χ2v) is 5.64. The summed E-state index contributed by atoms with van der Waals surface area (Å²) in [7, 11) is 0. The minimum atomic E-state index is 0.566. The number of hydrogen-bond donors (Lipinski definition) is 1. The van der Waals surface area contributed by atoms with Gasteiger partial charge in [-0.1, -0.05) is 26.7 Å². The fraction of sp³-hybridized carbons (Fsp3) is 1.00. The van der Waals surface area contributed by atoms with Crippen molar-refractivity contribution >= 4 is 0 Å². The maximum Gasteiger partial charge on any atom is 0.00527 e. The zero-order valence-corrected chi connectivity index (χ0v) is 11.7. The first-order chi connectivity index (χ1) is 7.63. The van der Waals surface area contributed by atoms with Crippen LogP contribution in [0.25, 0.3) is 0 Å². The van der Waals surface area contributed by atoms with Gasteiger partial charge in [-0.05, 0) is 45.2 Å². The van der Waals surface area contributed by atoms with Crippen LogP contribution in [0.3, 0.4) is 0 Å². The lowest BCUT2D eigenvalue weighted by atomic mass is 9.85. The topological polar surface area (TPSA) is 15.3 Å². The Hall–Kier alpha value is -0.0800. The third-order valence-corrected chi connectivity index (χ3v) is 4.09. The Bertz CT molecular complexity index is 183. The van der Waals surface area contributed by atoms with Gasteiger partial charge in [0.15, 0.2) is 0 Å². The van der Waals surface area contributed by atoms with E-state index in [1.165, 1.54) is 45.3 Å². The van der Waals surface area contributed by atoms with E-state index in [2.05, 4.69) is 37.9 Å². The lowest BCUT2D eigenvalue weighted by molar-refractivity contribution is 0.127. The van der Waals surface area contributed by atoms with Crippen molar-refractivity contribution in [2.24, 2.45) is 5.41 Å². The van der Waals surface area contributed by atoms with E-state index in [0.29, 0.717) is 11.5 Å². The lowest BCUT2D eigenvalue weighted by Crippen LogP contribution is -2.45. The zero-order chi connectivity index (χ0) is 12.0. The average molecular weight is 226 g/mol. The van der Waals surface area contributed by atoms with E-state index in [1.54, 1.807) is 0 Å². The summed E-state index contributed by atoms with van der Waals surface area (Å²) >= 11 is 0. The molecule has 1 aliphatic rings. The van der Waals surface area contributed by atoms with Crippen LogP contribution < -0.4 is 5.32 Å². The number of nitrogens with zero attached hydrogens (tertiary/aromatic N) is 1. The summed E-state index contributed by atoms with van der Waals surface area (Å²) in [6.07, 6.45) is 5.70. The monoisotopic (exact) mass is 226 g/mol. The summed E-state index contributed by atoms with van der Waals surface area (Å²) in [5.74, 6) is 0. The Morgan fingerprint density at radius 1 is 1.19 bits per heavy atom. The van der Waals surface area contributed by atoms with Crippen LogP contribution in [-0.2, 0) is 0 Å². The highest BCUT2D eigenvalue weighted by Gasteiger charge is 2.35. The van der Waals surface area contributed by atoms with Crippen molar-refractivity contribution < 1.29 is 0 Å². The van der Waals surface area contributed by atoms with Crippen molar-refractivity contribution in [3.63, 3.8) is 0 Å². The molecule has 1 N–H and O–H groups in total. The zero-order valence-electron chi connectivity index (χ0n) is 11.7. The molecule has 16 heavy (non-hydrogen) atoms. The summed E-state index contributed by atoms with van der Waals surface area (Å²) < 4.78 is 0. The van der Waals surface area contributed by atoms with Crippen molar-refractivity contribution in [3.8, 4) is 0 Å². The average Bonchev–Trinajstić information content (AvgIpc) is 2.72. The van der Waals surface area contributed by atoms with Crippen molar-refractivity contribution in [2.45, 2.75) is 59.4 Å². The standard InChI is InChI=1S/C14H30N2/c1-5-15-11-14(9-7-8-10-14)12-16(6-2)13(3)4/h13,15H,5-12H2,1-4H3. The van der Waals surface area contributed by atoms with Crippen LogP contribution in [0.2, 0.25) is 0 Å². The molecule has 0 heterocycles. The summed E-state index contributed by atoms with van der Waals surface area (Å²) in [5, 5.41) is 3.57. The first-order valence-electron chi connectivity index (χ1n) is 7.08. The van der Waals surface area contributed by atoms with Crippen LogP contribution in [0, 0.1) is 5.41 Å². The fourth-order valence-corrected chi connectivity index (χ4v) is 3.00. The van der Waals surface area contributed by atoms with Gasteiger partial charge in [0.2, 0.25) is 0 Å². The molecular formula is C14H30N2. The molecular weight excluding hydrogens is 196 g/mol. The molecule has 0 unspecified atom stereocenters. The molecule has 0 saturated heterocycles. The quantitative estimate of drug-likeness (QED) is 0.718. The first kappa shape index (κ1) is 14.0. The number of nitrogens with one attached hydrogen (secondary N) is 1. The fourth-order valence-electron chi connectivity index (χ4n) is 3.00. The van der Waals surface area contributed by atoms with Crippen molar-refractivity contribution in [2.75, 3.05) is 26.2 Å². The molecule has 1 saturated carbocycles. The highest BCUT2D eigenvalue weighted by molar-refractivity contribution is 4.89. The molecule has 2 heteroatoms. The van der Waals surface area contributed by atoms with Gasteiger partial charge in [-0.3, -0.25) is 0 Å². The van der Waals surface area contributed by atoms with E-state index >= 15 is 0 Å². The molecule has 2 nitrogen and oxygen atoms in total. The normalized spacial score (nSPS) is 19.9. The van der Waals surface area contributed by atoms with E-state index < -0.39 is 0 Å². The Labute approximate surface area is 102 Å². The molecule has 0 bridgehead atoms. The first-order valence-corrected chi connectivity index (χ1v) is 7.08. The van der Waals surface area contributed by atoms with Crippen LogP contribution in [0.5, 0.6) is 0 Å². The minimum absolute atomic E-state index is 0.566. The summed E-state index contributed by atoms with van der Waals surface area (Å²) in [5.41, 5.74) is 0.566. The van der Waals surface area contributed by atoms with Crippen LogP contribution in [0.1, 0.15) is 53.4 Å². The van der Waals surface area contributed by atoms with Gasteiger partial charge in [-0.2, -0.15) is 0 Å². The molecule has 1 aliphatic carbocycles. The lowest BCUT2D eigenvalue weighted by Gasteiger charge is -2.37. The second kappa shape index (κ2) is 6.61. The molecule has 96 valence electrons. The van der Waals surface area contributed by atoms with Gasteiger partial charge in [0.25, 0.3) is 0 Å². The Balaban J connectivity index is 2.55.